The van der Waals surface area contributed by atoms with Gasteiger partial charge in [0.25, 0.3) is 0 Å². The molecule has 0 radical (unpaired) electrons. The van der Waals surface area contributed by atoms with Crippen LogP contribution in [0.3, 0.4) is 0 Å². The molecule has 1 unspecified atom stereocenters. The highest BCUT2D eigenvalue weighted by Crippen LogP contribution is 2.34. The quantitative estimate of drug-likeness (QED) is 0.511. The predicted octanol–water partition coefficient (Wildman–Crippen LogP) is 4.27. The molecule has 34 heavy (non-hydrogen) atoms. The summed E-state index contributed by atoms with van der Waals surface area (Å²) in [5.74, 6) is -0.682. The van der Waals surface area contributed by atoms with Crippen molar-refractivity contribution in [2.75, 3.05) is 24.6 Å². The molecule has 0 saturated carbocycles. The van der Waals surface area contributed by atoms with Crippen molar-refractivity contribution in [2.45, 2.75) is 50.8 Å². The van der Waals surface area contributed by atoms with Gasteiger partial charge >= 0.3 is 6.18 Å². The van der Waals surface area contributed by atoms with Crippen LogP contribution < -0.4 is 4.90 Å². The summed E-state index contributed by atoms with van der Waals surface area (Å²) in [7, 11) is 0. The zero-order chi connectivity index (χ0) is 24.3. The number of nitrogens with zero attached hydrogens (tertiary/aromatic N) is 3. The number of imide groups is 1. The molecule has 7 nitrogen and oxygen atoms in total. The number of anilines is 1. The van der Waals surface area contributed by atoms with Gasteiger partial charge in [0.05, 0.1) is 23.9 Å². The van der Waals surface area contributed by atoms with E-state index in [9.17, 15) is 27.6 Å². The van der Waals surface area contributed by atoms with Gasteiger partial charge in [-0.1, -0.05) is 12.1 Å². The topological polar surface area (TPSA) is 79.8 Å². The van der Waals surface area contributed by atoms with E-state index in [0.29, 0.717) is 29.4 Å². The fourth-order valence-electron chi connectivity index (χ4n) is 4.05. The first-order valence-corrected chi connectivity index (χ1v) is 12.0. The van der Waals surface area contributed by atoms with Crippen LogP contribution in [0.15, 0.2) is 29.6 Å². The Labute approximate surface area is 198 Å². The second-order valence-corrected chi connectivity index (χ2v) is 9.11. The maximum Gasteiger partial charge on any atom is 0.416 e. The lowest BCUT2D eigenvalue weighted by Crippen LogP contribution is -2.38. The van der Waals surface area contributed by atoms with E-state index in [0.717, 1.165) is 25.0 Å². The van der Waals surface area contributed by atoms with Crippen molar-refractivity contribution in [1.82, 2.24) is 9.88 Å². The van der Waals surface area contributed by atoms with Gasteiger partial charge in [0.2, 0.25) is 17.7 Å². The molecule has 1 aromatic heterocycles. The molecule has 2 aliphatic rings. The summed E-state index contributed by atoms with van der Waals surface area (Å²) in [5, 5.41) is 2.00. The number of carbonyl (C=O) groups excluding carboxylic acids is 3. The maximum atomic E-state index is 13.1. The van der Waals surface area contributed by atoms with Gasteiger partial charge in [0, 0.05) is 43.4 Å². The van der Waals surface area contributed by atoms with Crippen LogP contribution >= 0.6 is 11.3 Å². The van der Waals surface area contributed by atoms with Crippen molar-refractivity contribution < 1.29 is 32.3 Å². The summed E-state index contributed by atoms with van der Waals surface area (Å²) < 4.78 is 45.0. The Bertz CT molecular complexity index is 1050. The second-order valence-electron chi connectivity index (χ2n) is 8.28. The van der Waals surface area contributed by atoms with Crippen LogP contribution in [0.25, 0.3) is 11.3 Å². The van der Waals surface area contributed by atoms with Crippen LogP contribution in [-0.4, -0.2) is 53.4 Å². The van der Waals surface area contributed by atoms with Gasteiger partial charge in [-0.15, -0.1) is 11.3 Å². The lowest BCUT2D eigenvalue weighted by Gasteiger charge is -2.23. The highest BCUT2D eigenvalue weighted by Gasteiger charge is 2.32. The Morgan fingerprint density at radius 3 is 2.68 bits per heavy atom. The number of ether oxygens (including phenoxy) is 1. The van der Waals surface area contributed by atoms with E-state index < -0.39 is 11.7 Å². The van der Waals surface area contributed by atoms with Crippen LogP contribution in [-0.2, 0) is 25.3 Å². The molecular weight excluding hydrogens is 471 g/mol. The molecule has 0 bridgehead atoms. The van der Waals surface area contributed by atoms with Crippen LogP contribution in [0.1, 0.15) is 44.1 Å². The van der Waals surface area contributed by atoms with Gasteiger partial charge in [-0.05, 0) is 31.4 Å². The second kappa shape index (κ2) is 10.2. The zero-order valence-electron chi connectivity index (χ0n) is 18.3. The molecule has 1 atom stereocenters. The average Bonchev–Trinajstić information content (AvgIpc) is 3.55. The fraction of sp³-hybridized carbons (Fsp3) is 0.478. The van der Waals surface area contributed by atoms with Crippen molar-refractivity contribution in [3.63, 3.8) is 0 Å². The summed E-state index contributed by atoms with van der Waals surface area (Å²) in [6.07, 6.45) is -2.09. The number of carbonyl (C=O) groups is 3. The van der Waals surface area contributed by atoms with E-state index in [4.69, 9.17) is 4.74 Å². The van der Waals surface area contributed by atoms with Gasteiger partial charge in [0.1, 0.15) is 0 Å². The van der Waals surface area contributed by atoms with Crippen LogP contribution in [0.2, 0.25) is 0 Å². The molecule has 2 aromatic rings. The lowest BCUT2D eigenvalue weighted by molar-refractivity contribution is -0.139. The summed E-state index contributed by atoms with van der Waals surface area (Å²) >= 11 is 1.18. The number of rotatable bonds is 8. The normalized spacial score (nSPS) is 18.7. The third kappa shape index (κ3) is 5.64. The SMILES string of the molecule is O=C1CCC(=O)N1CCCC(=O)N(CC1CCCO1)c1nc(-c2cccc(C(F)(F)F)c2)cs1. The van der Waals surface area contributed by atoms with Crippen LogP contribution in [0.5, 0.6) is 0 Å². The molecule has 2 fully saturated rings. The highest BCUT2D eigenvalue weighted by atomic mass is 32.1. The average molecular weight is 496 g/mol. The maximum absolute atomic E-state index is 13.1. The minimum absolute atomic E-state index is 0.0995. The number of likely N-dealkylation sites (tertiary alicyclic amines) is 1. The van der Waals surface area contributed by atoms with E-state index in [1.807, 2.05) is 0 Å². The minimum atomic E-state index is -4.46. The molecule has 0 aliphatic carbocycles. The van der Waals surface area contributed by atoms with Crippen LogP contribution in [0.4, 0.5) is 18.3 Å². The molecule has 1 aromatic carbocycles. The number of hydrogen-bond acceptors (Lipinski definition) is 6. The van der Waals surface area contributed by atoms with Crippen molar-refractivity contribution in [3.8, 4) is 11.3 Å². The molecule has 0 N–H and O–H groups in total. The van der Waals surface area contributed by atoms with E-state index >= 15 is 0 Å². The Hall–Kier alpha value is -2.79. The number of benzene rings is 1. The van der Waals surface area contributed by atoms with Gasteiger partial charge in [-0.3, -0.25) is 24.2 Å². The van der Waals surface area contributed by atoms with Crippen LogP contribution in [0, 0.1) is 0 Å². The standard InChI is InChI=1S/C23H24F3N3O4S/c24-23(25,26)16-5-1-4-15(12-16)18-14-34-22(27-18)29(13-17-6-3-11-33-17)19(30)7-2-10-28-20(31)8-9-21(28)32/h1,4-5,12,14,17H,2-3,6-11,13H2. The number of aromatic nitrogens is 1. The first kappa shape index (κ1) is 24.3. The van der Waals surface area contributed by atoms with Gasteiger partial charge in [-0.25, -0.2) is 4.98 Å². The lowest BCUT2D eigenvalue weighted by atomic mass is 10.1. The molecule has 4 rings (SSSR count). The number of alkyl halides is 3. The van der Waals surface area contributed by atoms with E-state index in [1.54, 1.807) is 11.4 Å². The van der Waals surface area contributed by atoms with Gasteiger partial charge < -0.3 is 4.74 Å². The predicted molar refractivity (Wildman–Crippen MR) is 119 cm³/mol. The van der Waals surface area contributed by atoms with Crippen molar-refractivity contribution in [1.29, 1.82) is 0 Å². The molecule has 0 spiro atoms. The molecule has 3 heterocycles. The number of amides is 3. The monoisotopic (exact) mass is 495 g/mol. The summed E-state index contributed by atoms with van der Waals surface area (Å²) in [6.45, 7) is 1.08. The Kier molecular flexibility index (Phi) is 7.32. The minimum Gasteiger partial charge on any atom is -0.376 e. The van der Waals surface area contributed by atoms with E-state index in [-0.39, 0.29) is 56.2 Å². The number of hydrogen-bond donors (Lipinski definition) is 0. The van der Waals surface area contributed by atoms with Crippen molar-refractivity contribution >= 4 is 34.2 Å². The van der Waals surface area contributed by atoms with E-state index in [2.05, 4.69) is 4.98 Å². The highest BCUT2D eigenvalue weighted by molar-refractivity contribution is 7.14. The van der Waals surface area contributed by atoms with Crippen molar-refractivity contribution in [3.05, 3.63) is 35.2 Å². The zero-order valence-corrected chi connectivity index (χ0v) is 19.2. The summed E-state index contributed by atoms with van der Waals surface area (Å²) in [5.41, 5.74) is -0.102. The molecule has 2 aliphatic heterocycles. The molecule has 11 heteroatoms. The third-order valence-electron chi connectivity index (χ3n) is 5.85. The van der Waals surface area contributed by atoms with Gasteiger partial charge in [0.15, 0.2) is 5.13 Å². The summed E-state index contributed by atoms with van der Waals surface area (Å²) in [6, 6.07) is 4.91. The first-order chi connectivity index (χ1) is 16.2. The number of thiazole rings is 1. The number of halogens is 3. The molecular formula is C23H24F3N3O4S. The van der Waals surface area contributed by atoms with E-state index in [1.165, 1.54) is 27.2 Å². The molecule has 2 saturated heterocycles. The molecule has 182 valence electrons. The Balaban J connectivity index is 1.48. The first-order valence-electron chi connectivity index (χ1n) is 11.1. The Morgan fingerprint density at radius 2 is 2.00 bits per heavy atom. The van der Waals surface area contributed by atoms with Crippen molar-refractivity contribution in [2.24, 2.45) is 0 Å². The fourth-order valence-corrected chi connectivity index (χ4v) is 4.91. The smallest absolute Gasteiger partial charge is 0.376 e. The third-order valence-corrected chi connectivity index (χ3v) is 6.71. The summed E-state index contributed by atoms with van der Waals surface area (Å²) in [4.78, 5) is 43.8. The Morgan fingerprint density at radius 1 is 1.24 bits per heavy atom. The van der Waals surface area contributed by atoms with Gasteiger partial charge in [-0.2, -0.15) is 13.2 Å². The largest absolute Gasteiger partial charge is 0.416 e. The molecule has 3 amide bonds.